The van der Waals surface area contributed by atoms with Crippen LogP contribution in [0.4, 0.5) is 10.1 Å². The molecule has 3 aromatic carbocycles. The third-order valence-corrected chi connectivity index (χ3v) is 5.66. The topological polar surface area (TPSA) is 81.5 Å². The van der Waals surface area contributed by atoms with Gasteiger partial charge in [-0.15, -0.1) is 0 Å². The lowest BCUT2D eigenvalue weighted by molar-refractivity contribution is -0.122. The van der Waals surface area contributed by atoms with Gasteiger partial charge in [0.05, 0.1) is 23.7 Å². The van der Waals surface area contributed by atoms with Gasteiger partial charge in [-0.25, -0.2) is 9.29 Å². The third kappa shape index (κ3) is 4.37. The Bertz CT molecular complexity index is 1260. The fourth-order valence-electron chi connectivity index (χ4n) is 3.89. The number of aryl methyl sites for hydroxylation is 1. The zero-order valence-corrected chi connectivity index (χ0v) is 17.9. The summed E-state index contributed by atoms with van der Waals surface area (Å²) in [4.78, 5) is 42.2. The molecule has 1 heterocycles. The molecule has 3 aromatic rings. The Morgan fingerprint density at radius 2 is 1.73 bits per heavy atom. The summed E-state index contributed by atoms with van der Waals surface area (Å²) in [6.07, 6.45) is -0.169. The molecule has 1 unspecified atom stereocenters. The summed E-state index contributed by atoms with van der Waals surface area (Å²) in [5.41, 5.74) is 2.55. The Balaban J connectivity index is 1.70. The number of hydrogen-bond acceptors (Lipinski definition) is 4. The number of halogens is 1. The van der Waals surface area contributed by atoms with Crippen LogP contribution in [0.25, 0.3) is 0 Å². The van der Waals surface area contributed by atoms with Crippen LogP contribution in [0.15, 0.2) is 72.8 Å². The molecule has 1 fully saturated rings. The van der Waals surface area contributed by atoms with Crippen LogP contribution in [0, 0.1) is 24.1 Å². The number of carbonyl (C=O) groups is 3. The first-order chi connectivity index (χ1) is 15.9. The highest BCUT2D eigenvalue weighted by molar-refractivity contribution is 6.23. The van der Waals surface area contributed by atoms with Crippen LogP contribution in [0.2, 0.25) is 0 Å². The molecular formula is C26H20FN3O3. The summed E-state index contributed by atoms with van der Waals surface area (Å²) < 4.78 is 13.4. The van der Waals surface area contributed by atoms with Crippen LogP contribution >= 0.6 is 0 Å². The molecule has 0 aromatic heterocycles. The molecule has 0 radical (unpaired) electrons. The van der Waals surface area contributed by atoms with E-state index < -0.39 is 23.7 Å². The van der Waals surface area contributed by atoms with Gasteiger partial charge in [-0.1, -0.05) is 30.3 Å². The number of carbonyl (C=O) groups excluding carboxylic acids is 3. The number of hydrogen-bond donors (Lipinski definition) is 0. The Morgan fingerprint density at radius 1 is 1.06 bits per heavy atom. The van der Waals surface area contributed by atoms with Crippen molar-refractivity contribution in [1.29, 1.82) is 5.26 Å². The summed E-state index contributed by atoms with van der Waals surface area (Å²) in [5, 5.41) is 9.00. The van der Waals surface area contributed by atoms with Crippen molar-refractivity contribution in [3.63, 3.8) is 0 Å². The maximum absolute atomic E-state index is 13.5. The minimum atomic E-state index is -1.01. The molecule has 0 N–H and O–H groups in total. The van der Waals surface area contributed by atoms with Gasteiger partial charge in [0.2, 0.25) is 5.91 Å². The molecule has 0 aliphatic carbocycles. The van der Waals surface area contributed by atoms with Crippen LogP contribution in [-0.4, -0.2) is 28.7 Å². The van der Waals surface area contributed by atoms with Crippen molar-refractivity contribution in [3.8, 4) is 6.07 Å². The summed E-state index contributed by atoms with van der Waals surface area (Å²) in [7, 11) is 0. The van der Waals surface area contributed by atoms with Crippen molar-refractivity contribution >= 4 is 23.4 Å². The number of nitriles is 1. The molecule has 6 nitrogen and oxygen atoms in total. The second-order valence-electron chi connectivity index (χ2n) is 7.82. The van der Waals surface area contributed by atoms with E-state index in [1.165, 1.54) is 41.3 Å². The predicted octanol–water partition coefficient (Wildman–Crippen LogP) is 3.98. The molecule has 0 spiro atoms. The molecule has 4 rings (SSSR count). The zero-order valence-electron chi connectivity index (χ0n) is 17.9. The van der Waals surface area contributed by atoms with Crippen LogP contribution in [0.1, 0.15) is 33.5 Å². The molecule has 0 bridgehead atoms. The highest BCUT2D eigenvalue weighted by Gasteiger charge is 2.44. The molecule has 1 atom stereocenters. The fourth-order valence-corrected chi connectivity index (χ4v) is 3.89. The molecule has 1 saturated heterocycles. The van der Waals surface area contributed by atoms with Gasteiger partial charge in [0, 0.05) is 12.1 Å². The van der Waals surface area contributed by atoms with E-state index in [1.54, 1.807) is 37.3 Å². The van der Waals surface area contributed by atoms with Crippen molar-refractivity contribution in [2.75, 3.05) is 4.90 Å². The first kappa shape index (κ1) is 21.9. The van der Waals surface area contributed by atoms with Crippen molar-refractivity contribution in [2.24, 2.45) is 0 Å². The smallest absolute Gasteiger partial charge is 0.257 e. The van der Waals surface area contributed by atoms with Gasteiger partial charge in [0.25, 0.3) is 11.8 Å². The normalized spacial score (nSPS) is 15.4. The van der Waals surface area contributed by atoms with Gasteiger partial charge in [-0.3, -0.25) is 14.4 Å². The van der Waals surface area contributed by atoms with Gasteiger partial charge in [0.1, 0.15) is 11.9 Å². The molecule has 33 heavy (non-hydrogen) atoms. The third-order valence-electron chi connectivity index (χ3n) is 5.66. The predicted molar refractivity (Wildman–Crippen MR) is 120 cm³/mol. The average Bonchev–Trinajstić information content (AvgIpc) is 3.12. The Labute approximate surface area is 190 Å². The summed E-state index contributed by atoms with van der Waals surface area (Å²) >= 11 is 0. The van der Waals surface area contributed by atoms with E-state index in [0.717, 1.165) is 10.5 Å². The number of rotatable bonds is 5. The van der Waals surface area contributed by atoms with Crippen LogP contribution in [0.3, 0.4) is 0 Å². The lowest BCUT2D eigenvalue weighted by atomic mass is 10.0. The highest BCUT2D eigenvalue weighted by Crippen LogP contribution is 2.28. The molecule has 7 heteroatoms. The van der Waals surface area contributed by atoms with E-state index in [2.05, 4.69) is 0 Å². The summed E-state index contributed by atoms with van der Waals surface area (Å²) in [6.45, 7) is 1.84. The molecule has 3 amide bonds. The number of anilines is 1. The monoisotopic (exact) mass is 441 g/mol. The fraction of sp³-hybridized carbons (Fsp3) is 0.154. The molecule has 1 aliphatic rings. The largest absolute Gasteiger partial charge is 0.322 e. The lowest BCUT2D eigenvalue weighted by Crippen LogP contribution is -2.45. The van der Waals surface area contributed by atoms with Gasteiger partial charge in [0.15, 0.2) is 0 Å². The number of nitrogens with zero attached hydrogens (tertiary/aromatic N) is 3. The number of imide groups is 1. The number of benzene rings is 3. The van der Waals surface area contributed by atoms with Gasteiger partial charge in [-0.05, 0) is 60.5 Å². The van der Waals surface area contributed by atoms with Crippen LogP contribution in [0.5, 0.6) is 0 Å². The van der Waals surface area contributed by atoms with Crippen LogP contribution < -0.4 is 4.90 Å². The maximum Gasteiger partial charge on any atom is 0.257 e. The molecule has 164 valence electrons. The number of amides is 3. The van der Waals surface area contributed by atoms with Crippen molar-refractivity contribution in [2.45, 2.75) is 25.9 Å². The van der Waals surface area contributed by atoms with E-state index in [1.807, 2.05) is 12.1 Å². The SMILES string of the molecule is Cc1ccccc1C(=O)N(Cc1ccc(F)cc1)C1CC(=O)N(c2ccc(C#N)cc2)C1=O. The van der Waals surface area contributed by atoms with E-state index in [-0.39, 0.29) is 18.9 Å². The average molecular weight is 441 g/mol. The van der Waals surface area contributed by atoms with E-state index >= 15 is 0 Å². The second kappa shape index (κ2) is 9.05. The van der Waals surface area contributed by atoms with Crippen molar-refractivity contribution in [1.82, 2.24) is 4.90 Å². The summed E-state index contributed by atoms with van der Waals surface area (Å²) in [5.74, 6) is -1.75. The Kier molecular flexibility index (Phi) is 6.01. The standard InChI is InChI=1S/C26H20FN3O3/c1-17-4-2-3-5-22(17)25(32)29(16-19-6-10-20(27)11-7-19)23-14-24(31)30(26(23)33)21-12-8-18(15-28)9-13-21/h2-13,23H,14,16H2,1H3. The zero-order chi connectivity index (χ0) is 23.5. The molecule has 1 aliphatic heterocycles. The first-order valence-electron chi connectivity index (χ1n) is 10.4. The highest BCUT2D eigenvalue weighted by atomic mass is 19.1. The van der Waals surface area contributed by atoms with Gasteiger partial charge in [-0.2, -0.15) is 5.26 Å². The maximum atomic E-state index is 13.5. The van der Waals surface area contributed by atoms with Crippen LogP contribution in [-0.2, 0) is 16.1 Å². The van der Waals surface area contributed by atoms with E-state index in [4.69, 9.17) is 5.26 Å². The quantitative estimate of drug-likeness (QED) is 0.561. The summed E-state index contributed by atoms with van der Waals surface area (Å²) in [6, 6.07) is 19.8. The van der Waals surface area contributed by atoms with E-state index in [9.17, 15) is 18.8 Å². The Hall–Kier alpha value is -4.31. The van der Waals surface area contributed by atoms with E-state index in [0.29, 0.717) is 22.4 Å². The minimum Gasteiger partial charge on any atom is -0.322 e. The van der Waals surface area contributed by atoms with Gasteiger partial charge < -0.3 is 4.90 Å². The minimum absolute atomic E-state index is 0.0400. The van der Waals surface area contributed by atoms with Gasteiger partial charge >= 0.3 is 0 Å². The first-order valence-corrected chi connectivity index (χ1v) is 10.4. The second-order valence-corrected chi connectivity index (χ2v) is 7.82. The Morgan fingerprint density at radius 3 is 2.36 bits per heavy atom. The van der Waals surface area contributed by atoms with Crippen molar-refractivity contribution < 1.29 is 18.8 Å². The molecule has 0 saturated carbocycles. The van der Waals surface area contributed by atoms with Crippen molar-refractivity contribution in [3.05, 3.63) is 101 Å². The molecular weight excluding hydrogens is 421 g/mol. The lowest BCUT2D eigenvalue weighted by Gasteiger charge is -2.28.